The van der Waals surface area contributed by atoms with E-state index in [1.165, 1.54) is 12.1 Å². The van der Waals surface area contributed by atoms with Crippen molar-refractivity contribution >= 4 is 34.8 Å². The standard InChI is InChI=1S/C13H7Cl2F2NO/c14-10-2-1-3-11(15)12(10)13(19)18-9-5-7(16)4-8(17)6-9/h1-6H,(H,18,19). The molecule has 0 unspecified atom stereocenters. The van der Waals surface area contributed by atoms with E-state index in [1.54, 1.807) is 6.07 Å². The van der Waals surface area contributed by atoms with Gasteiger partial charge in [-0.2, -0.15) is 0 Å². The van der Waals surface area contributed by atoms with E-state index in [1.807, 2.05) is 0 Å². The molecule has 0 radical (unpaired) electrons. The number of carbonyl (C=O) groups is 1. The van der Waals surface area contributed by atoms with Gasteiger partial charge in [0.05, 0.1) is 15.6 Å². The lowest BCUT2D eigenvalue weighted by Gasteiger charge is -2.08. The average Bonchev–Trinajstić information content (AvgIpc) is 2.26. The first-order valence-corrected chi connectivity index (χ1v) is 5.94. The van der Waals surface area contributed by atoms with Gasteiger partial charge >= 0.3 is 0 Å². The molecule has 1 amide bonds. The van der Waals surface area contributed by atoms with Crippen molar-refractivity contribution in [2.24, 2.45) is 0 Å². The van der Waals surface area contributed by atoms with E-state index < -0.39 is 17.5 Å². The fourth-order valence-electron chi connectivity index (χ4n) is 1.53. The van der Waals surface area contributed by atoms with Gasteiger partial charge in [-0.15, -0.1) is 0 Å². The molecule has 19 heavy (non-hydrogen) atoms. The fraction of sp³-hybridized carbons (Fsp3) is 0. The minimum atomic E-state index is -0.791. The van der Waals surface area contributed by atoms with Crippen molar-refractivity contribution < 1.29 is 13.6 Å². The Balaban J connectivity index is 2.31. The van der Waals surface area contributed by atoms with Crippen LogP contribution in [0.15, 0.2) is 36.4 Å². The number of carbonyl (C=O) groups excluding carboxylic acids is 1. The monoisotopic (exact) mass is 301 g/mol. The highest BCUT2D eigenvalue weighted by atomic mass is 35.5. The summed E-state index contributed by atoms with van der Waals surface area (Å²) in [5.41, 5.74) is 0.0361. The minimum Gasteiger partial charge on any atom is -0.322 e. The zero-order valence-electron chi connectivity index (χ0n) is 9.38. The zero-order chi connectivity index (χ0) is 14.0. The molecule has 0 saturated carbocycles. The highest BCUT2D eigenvalue weighted by molar-refractivity contribution is 6.40. The molecule has 2 nitrogen and oxygen atoms in total. The molecule has 0 spiro atoms. The smallest absolute Gasteiger partial charge is 0.258 e. The van der Waals surface area contributed by atoms with Crippen LogP contribution in [0.25, 0.3) is 0 Å². The van der Waals surface area contributed by atoms with Gasteiger partial charge in [0.1, 0.15) is 11.6 Å². The Morgan fingerprint density at radius 2 is 1.53 bits per heavy atom. The highest BCUT2D eigenvalue weighted by Crippen LogP contribution is 2.25. The van der Waals surface area contributed by atoms with Gasteiger partial charge < -0.3 is 5.32 Å². The Morgan fingerprint density at radius 3 is 2.05 bits per heavy atom. The molecular formula is C13H7Cl2F2NO. The number of anilines is 1. The molecule has 0 saturated heterocycles. The third kappa shape index (κ3) is 3.22. The molecule has 1 N–H and O–H groups in total. The molecule has 2 rings (SSSR count). The van der Waals surface area contributed by atoms with Crippen LogP contribution in [0, 0.1) is 11.6 Å². The lowest BCUT2D eigenvalue weighted by Crippen LogP contribution is -2.13. The maximum atomic E-state index is 13.0. The first-order valence-electron chi connectivity index (χ1n) is 5.19. The molecule has 0 aliphatic carbocycles. The third-order valence-electron chi connectivity index (χ3n) is 2.31. The molecule has 0 bridgehead atoms. The summed E-state index contributed by atoms with van der Waals surface area (Å²) in [7, 11) is 0. The number of amides is 1. The quantitative estimate of drug-likeness (QED) is 0.868. The minimum absolute atomic E-state index is 0.0153. The maximum absolute atomic E-state index is 13.0. The summed E-state index contributed by atoms with van der Waals surface area (Å²) >= 11 is 11.7. The summed E-state index contributed by atoms with van der Waals surface area (Å²) in [5, 5.41) is 2.64. The van der Waals surface area contributed by atoms with Gasteiger partial charge in [-0.05, 0) is 24.3 Å². The van der Waals surface area contributed by atoms with Crippen LogP contribution in [0.1, 0.15) is 10.4 Å². The van der Waals surface area contributed by atoms with E-state index in [0.717, 1.165) is 12.1 Å². The van der Waals surface area contributed by atoms with Crippen LogP contribution in [-0.2, 0) is 0 Å². The second-order valence-corrected chi connectivity index (χ2v) is 4.52. The summed E-state index contributed by atoms with van der Waals surface area (Å²) in [6, 6.07) is 7.27. The normalized spacial score (nSPS) is 10.3. The average molecular weight is 302 g/mol. The molecule has 98 valence electrons. The van der Waals surface area contributed by atoms with Crippen LogP contribution in [0.5, 0.6) is 0 Å². The number of nitrogens with one attached hydrogen (secondary N) is 1. The molecule has 6 heteroatoms. The van der Waals surface area contributed by atoms with Crippen molar-refractivity contribution in [1.29, 1.82) is 0 Å². The Morgan fingerprint density at radius 1 is 1.00 bits per heavy atom. The van der Waals surface area contributed by atoms with Crippen molar-refractivity contribution in [2.45, 2.75) is 0 Å². The number of halogens is 4. The van der Waals surface area contributed by atoms with Crippen molar-refractivity contribution in [3.63, 3.8) is 0 Å². The lowest BCUT2D eigenvalue weighted by molar-refractivity contribution is 0.102. The van der Waals surface area contributed by atoms with Gasteiger partial charge in [0.25, 0.3) is 5.91 Å². The first kappa shape index (κ1) is 13.8. The summed E-state index contributed by atoms with van der Waals surface area (Å²) in [5.74, 6) is -2.22. The third-order valence-corrected chi connectivity index (χ3v) is 2.94. The second kappa shape index (κ2) is 5.55. The van der Waals surface area contributed by atoms with Crippen LogP contribution in [0.3, 0.4) is 0 Å². The largest absolute Gasteiger partial charge is 0.322 e. The fourth-order valence-corrected chi connectivity index (χ4v) is 2.10. The van der Waals surface area contributed by atoms with Crippen LogP contribution >= 0.6 is 23.2 Å². The molecule has 0 aliphatic heterocycles. The molecule has 0 aromatic heterocycles. The Hall–Kier alpha value is -1.65. The summed E-state index contributed by atoms with van der Waals surface area (Å²) < 4.78 is 26.0. The highest BCUT2D eigenvalue weighted by Gasteiger charge is 2.15. The van der Waals surface area contributed by atoms with Gasteiger partial charge in [-0.1, -0.05) is 29.3 Å². The predicted octanol–water partition coefficient (Wildman–Crippen LogP) is 4.52. The number of hydrogen-bond donors (Lipinski definition) is 1. The molecule has 2 aromatic carbocycles. The second-order valence-electron chi connectivity index (χ2n) is 3.71. The van der Waals surface area contributed by atoms with Crippen LogP contribution in [0.4, 0.5) is 14.5 Å². The van der Waals surface area contributed by atoms with Crippen molar-refractivity contribution in [1.82, 2.24) is 0 Å². The van der Waals surface area contributed by atoms with Crippen molar-refractivity contribution in [3.8, 4) is 0 Å². The summed E-state index contributed by atoms with van der Waals surface area (Å²) in [4.78, 5) is 12.0. The van der Waals surface area contributed by atoms with E-state index >= 15 is 0 Å². The molecule has 0 atom stereocenters. The molecule has 0 aliphatic rings. The van der Waals surface area contributed by atoms with E-state index in [9.17, 15) is 13.6 Å². The van der Waals surface area contributed by atoms with Crippen LogP contribution in [0.2, 0.25) is 10.0 Å². The molecule has 2 aromatic rings. The van der Waals surface area contributed by atoms with Gasteiger partial charge in [-0.25, -0.2) is 8.78 Å². The van der Waals surface area contributed by atoms with E-state index in [-0.39, 0.29) is 21.3 Å². The Bertz CT molecular complexity index is 606. The Kier molecular flexibility index (Phi) is 4.02. The topological polar surface area (TPSA) is 29.1 Å². The van der Waals surface area contributed by atoms with Gasteiger partial charge in [0, 0.05) is 11.8 Å². The van der Waals surface area contributed by atoms with Crippen LogP contribution < -0.4 is 5.32 Å². The van der Waals surface area contributed by atoms with Gasteiger partial charge in [0.2, 0.25) is 0 Å². The Labute approximate surface area is 118 Å². The molecule has 0 fully saturated rings. The summed E-state index contributed by atoms with van der Waals surface area (Å²) in [6.07, 6.45) is 0. The van der Waals surface area contributed by atoms with E-state index in [0.29, 0.717) is 6.07 Å². The van der Waals surface area contributed by atoms with E-state index in [4.69, 9.17) is 23.2 Å². The van der Waals surface area contributed by atoms with Gasteiger partial charge in [0.15, 0.2) is 0 Å². The van der Waals surface area contributed by atoms with Crippen molar-refractivity contribution in [2.75, 3.05) is 5.32 Å². The molecule has 0 heterocycles. The maximum Gasteiger partial charge on any atom is 0.258 e. The first-order chi connectivity index (χ1) is 8.97. The summed E-state index contributed by atoms with van der Waals surface area (Å²) in [6.45, 7) is 0. The number of hydrogen-bond acceptors (Lipinski definition) is 1. The zero-order valence-corrected chi connectivity index (χ0v) is 10.9. The predicted molar refractivity (Wildman–Crippen MR) is 70.8 cm³/mol. The SMILES string of the molecule is O=C(Nc1cc(F)cc(F)c1)c1c(Cl)cccc1Cl. The number of benzene rings is 2. The van der Waals surface area contributed by atoms with E-state index in [2.05, 4.69) is 5.32 Å². The van der Waals surface area contributed by atoms with Gasteiger partial charge in [-0.3, -0.25) is 4.79 Å². The molecular weight excluding hydrogens is 295 g/mol. The van der Waals surface area contributed by atoms with Crippen molar-refractivity contribution in [3.05, 3.63) is 63.6 Å². The van der Waals surface area contributed by atoms with Crippen LogP contribution in [-0.4, -0.2) is 5.91 Å². The lowest BCUT2D eigenvalue weighted by atomic mass is 10.2. The number of rotatable bonds is 2.